The summed E-state index contributed by atoms with van der Waals surface area (Å²) in [5.74, 6) is -0.433. The molecule has 3 rings (SSSR count). The molecule has 2 aliphatic rings. The predicted molar refractivity (Wildman–Crippen MR) is 61.8 cm³/mol. The Morgan fingerprint density at radius 1 is 1.41 bits per heavy atom. The maximum atomic E-state index is 13.7. The van der Waals surface area contributed by atoms with E-state index in [1.807, 2.05) is 0 Å². The van der Waals surface area contributed by atoms with E-state index in [9.17, 15) is 9.50 Å². The van der Waals surface area contributed by atoms with Crippen molar-refractivity contribution in [2.45, 2.75) is 43.4 Å². The fourth-order valence-corrected chi connectivity index (χ4v) is 3.43. The molecule has 2 fully saturated rings. The van der Waals surface area contributed by atoms with Crippen molar-refractivity contribution in [1.29, 1.82) is 0 Å². The SMILES string of the molecule is OC1(c2ncccc2F)CC2CCC(C1)N2Cl. The van der Waals surface area contributed by atoms with Gasteiger partial charge in [0.15, 0.2) is 0 Å². The minimum atomic E-state index is -1.16. The number of aromatic nitrogens is 1. The number of pyridine rings is 1. The zero-order valence-electron chi connectivity index (χ0n) is 9.31. The highest BCUT2D eigenvalue weighted by atomic mass is 35.5. The number of aliphatic hydroxyl groups is 1. The van der Waals surface area contributed by atoms with Crippen molar-refractivity contribution in [1.82, 2.24) is 9.40 Å². The van der Waals surface area contributed by atoms with E-state index in [-0.39, 0.29) is 17.8 Å². The normalized spacial score (nSPS) is 37.4. The minimum Gasteiger partial charge on any atom is -0.383 e. The third kappa shape index (κ3) is 1.75. The molecule has 0 saturated carbocycles. The summed E-state index contributed by atoms with van der Waals surface area (Å²) in [5.41, 5.74) is -0.996. The van der Waals surface area contributed by atoms with Crippen LogP contribution in [-0.2, 0) is 5.60 Å². The average molecular weight is 257 g/mol. The molecule has 2 aliphatic heterocycles. The molecular weight excluding hydrogens is 243 g/mol. The molecule has 3 heterocycles. The van der Waals surface area contributed by atoms with E-state index in [4.69, 9.17) is 11.8 Å². The fourth-order valence-electron chi connectivity index (χ4n) is 3.09. The lowest BCUT2D eigenvalue weighted by atomic mass is 9.84. The van der Waals surface area contributed by atoms with Crippen molar-refractivity contribution in [3.05, 3.63) is 29.8 Å². The molecule has 0 radical (unpaired) electrons. The highest BCUT2D eigenvalue weighted by Crippen LogP contribution is 2.46. The average Bonchev–Trinajstić information content (AvgIpc) is 2.53. The van der Waals surface area contributed by atoms with Gasteiger partial charge < -0.3 is 5.11 Å². The molecular formula is C12H14ClFN2O. The lowest BCUT2D eigenvalue weighted by Crippen LogP contribution is -2.46. The Bertz CT molecular complexity index is 428. The lowest BCUT2D eigenvalue weighted by Gasteiger charge is -2.40. The highest BCUT2D eigenvalue weighted by Gasteiger charge is 2.49. The van der Waals surface area contributed by atoms with Crippen molar-refractivity contribution in [3.8, 4) is 0 Å². The largest absolute Gasteiger partial charge is 0.383 e. The molecule has 0 aromatic carbocycles. The van der Waals surface area contributed by atoms with E-state index in [2.05, 4.69) is 4.98 Å². The third-order valence-corrected chi connectivity index (χ3v) is 4.43. The second-order valence-electron chi connectivity index (χ2n) is 5.00. The van der Waals surface area contributed by atoms with Gasteiger partial charge in [0.2, 0.25) is 0 Å². The van der Waals surface area contributed by atoms with Crippen molar-refractivity contribution < 1.29 is 9.50 Å². The van der Waals surface area contributed by atoms with E-state index in [1.54, 1.807) is 4.42 Å². The summed E-state index contributed by atoms with van der Waals surface area (Å²) in [5, 5.41) is 10.6. The minimum absolute atomic E-state index is 0.127. The van der Waals surface area contributed by atoms with Gasteiger partial charge in [0, 0.05) is 18.3 Å². The molecule has 2 saturated heterocycles. The molecule has 17 heavy (non-hydrogen) atoms. The standard InChI is InChI=1S/C12H14ClFN2O/c13-16-8-3-4-9(16)7-12(17,6-8)11-10(14)2-1-5-15-11/h1-2,5,8-9,17H,3-4,6-7H2. The number of hydrogen-bond acceptors (Lipinski definition) is 3. The topological polar surface area (TPSA) is 36.4 Å². The first-order valence-electron chi connectivity index (χ1n) is 5.88. The molecule has 1 aromatic heterocycles. The summed E-state index contributed by atoms with van der Waals surface area (Å²) in [6.45, 7) is 0. The quantitative estimate of drug-likeness (QED) is 0.783. The molecule has 1 aromatic rings. The Morgan fingerprint density at radius 2 is 2.06 bits per heavy atom. The first kappa shape index (κ1) is 11.4. The van der Waals surface area contributed by atoms with Crippen LogP contribution >= 0.6 is 11.8 Å². The maximum absolute atomic E-state index is 13.7. The molecule has 5 heteroatoms. The zero-order chi connectivity index (χ0) is 12.0. The van der Waals surface area contributed by atoms with Gasteiger partial charge in [-0.2, -0.15) is 0 Å². The number of piperidine rings is 1. The second-order valence-corrected chi connectivity index (χ2v) is 5.39. The summed E-state index contributed by atoms with van der Waals surface area (Å²) < 4.78 is 15.5. The van der Waals surface area contributed by atoms with Gasteiger partial charge in [-0.05, 0) is 49.6 Å². The second kappa shape index (κ2) is 3.90. The molecule has 0 spiro atoms. The summed E-state index contributed by atoms with van der Waals surface area (Å²) in [4.78, 5) is 4.01. The monoisotopic (exact) mass is 256 g/mol. The summed E-state index contributed by atoms with van der Waals surface area (Å²) in [6, 6.07) is 3.13. The Hall–Kier alpha value is -0.710. The van der Waals surface area contributed by atoms with Gasteiger partial charge in [-0.25, -0.2) is 8.81 Å². The van der Waals surface area contributed by atoms with Crippen LogP contribution in [0.3, 0.4) is 0 Å². The maximum Gasteiger partial charge on any atom is 0.147 e. The van der Waals surface area contributed by atoms with Gasteiger partial charge in [0.25, 0.3) is 0 Å². The highest BCUT2D eigenvalue weighted by molar-refractivity contribution is 6.14. The van der Waals surface area contributed by atoms with Crippen molar-refractivity contribution in [2.24, 2.45) is 0 Å². The van der Waals surface area contributed by atoms with E-state index in [1.165, 1.54) is 18.3 Å². The molecule has 0 aliphatic carbocycles. The molecule has 92 valence electrons. The number of rotatable bonds is 1. The van der Waals surface area contributed by atoms with Gasteiger partial charge >= 0.3 is 0 Å². The van der Waals surface area contributed by atoms with Crippen molar-refractivity contribution in [2.75, 3.05) is 0 Å². The van der Waals surface area contributed by atoms with E-state index in [0.717, 1.165) is 12.8 Å². The van der Waals surface area contributed by atoms with Crippen LogP contribution in [0.5, 0.6) is 0 Å². The number of hydrogen-bond donors (Lipinski definition) is 1. The molecule has 3 nitrogen and oxygen atoms in total. The lowest BCUT2D eigenvalue weighted by molar-refractivity contribution is -0.0399. The molecule has 2 bridgehead atoms. The number of nitrogens with zero attached hydrogens (tertiary/aromatic N) is 2. The smallest absolute Gasteiger partial charge is 0.147 e. The third-order valence-electron chi connectivity index (χ3n) is 3.88. The van der Waals surface area contributed by atoms with Crippen LogP contribution in [-0.4, -0.2) is 26.6 Å². The van der Waals surface area contributed by atoms with Crippen LogP contribution in [0.4, 0.5) is 4.39 Å². The van der Waals surface area contributed by atoms with Crippen LogP contribution in [0, 0.1) is 5.82 Å². The van der Waals surface area contributed by atoms with Gasteiger partial charge in [0.1, 0.15) is 17.1 Å². The van der Waals surface area contributed by atoms with Crippen LogP contribution in [0.25, 0.3) is 0 Å². The van der Waals surface area contributed by atoms with Crippen LogP contribution in [0.2, 0.25) is 0 Å². The molecule has 2 unspecified atom stereocenters. The van der Waals surface area contributed by atoms with Crippen LogP contribution in [0.15, 0.2) is 18.3 Å². The fraction of sp³-hybridized carbons (Fsp3) is 0.583. The van der Waals surface area contributed by atoms with Gasteiger partial charge in [-0.1, -0.05) is 0 Å². The van der Waals surface area contributed by atoms with Crippen LogP contribution in [0.1, 0.15) is 31.4 Å². The molecule has 1 N–H and O–H groups in total. The van der Waals surface area contributed by atoms with Crippen LogP contribution < -0.4 is 0 Å². The number of halogens is 2. The van der Waals surface area contributed by atoms with Crippen molar-refractivity contribution >= 4 is 11.8 Å². The Labute approximate surface area is 104 Å². The Kier molecular flexibility index (Phi) is 2.61. The van der Waals surface area contributed by atoms with Crippen molar-refractivity contribution in [3.63, 3.8) is 0 Å². The zero-order valence-corrected chi connectivity index (χ0v) is 10.1. The first-order valence-corrected chi connectivity index (χ1v) is 6.21. The Balaban J connectivity index is 1.96. The predicted octanol–water partition coefficient (Wildman–Crippen LogP) is 2.19. The van der Waals surface area contributed by atoms with E-state index < -0.39 is 11.4 Å². The van der Waals surface area contributed by atoms with Gasteiger partial charge in [0.05, 0.1) is 0 Å². The molecule has 2 atom stereocenters. The van der Waals surface area contributed by atoms with E-state index in [0.29, 0.717) is 12.8 Å². The van der Waals surface area contributed by atoms with E-state index >= 15 is 0 Å². The summed E-state index contributed by atoms with van der Waals surface area (Å²) in [7, 11) is 0. The van der Waals surface area contributed by atoms with Gasteiger partial charge in [-0.3, -0.25) is 4.98 Å². The molecule has 0 amide bonds. The summed E-state index contributed by atoms with van der Waals surface area (Å²) in [6.07, 6.45) is 4.36. The summed E-state index contributed by atoms with van der Waals surface area (Å²) >= 11 is 6.14. The number of fused-ring (bicyclic) bond motifs is 2. The first-order chi connectivity index (χ1) is 8.10. The Morgan fingerprint density at radius 3 is 2.65 bits per heavy atom. The van der Waals surface area contributed by atoms with Gasteiger partial charge in [-0.15, -0.1) is 0 Å².